The van der Waals surface area contributed by atoms with Crippen LogP contribution < -0.4 is 25.2 Å². The number of hydrogen-bond acceptors (Lipinski definition) is 8. The molecule has 1 fully saturated rings. The Bertz CT molecular complexity index is 1940. The van der Waals surface area contributed by atoms with Gasteiger partial charge >= 0.3 is 6.03 Å². The molecule has 7 rings (SSSR count). The molecule has 224 valence electrons. The summed E-state index contributed by atoms with van der Waals surface area (Å²) in [5, 5.41) is 2.48. The average molecular weight is 594 g/mol. The van der Waals surface area contributed by atoms with Gasteiger partial charge in [-0.3, -0.25) is 29.0 Å². The maximum Gasteiger partial charge on any atom is 0.330 e. The van der Waals surface area contributed by atoms with Crippen LogP contribution in [0.2, 0.25) is 0 Å². The summed E-state index contributed by atoms with van der Waals surface area (Å²) in [6, 6.07) is 15.2. The Morgan fingerprint density at radius 1 is 1.00 bits per heavy atom. The van der Waals surface area contributed by atoms with E-state index >= 15 is 0 Å². The van der Waals surface area contributed by atoms with E-state index in [0.717, 1.165) is 27.2 Å². The van der Waals surface area contributed by atoms with E-state index in [0.29, 0.717) is 42.4 Å². The molecule has 11 heteroatoms. The number of nitrogens with zero attached hydrogens (tertiary/aromatic N) is 4. The highest BCUT2D eigenvalue weighted by Crippen LogP contribution is 2.52. The number of anilines is 1. The zero-order valence-corrected chi connectivity index (χ0v) is 24.6. The van der Waals surface area contributed by atoms with Crippen molar-refractivity contribution in [3.63, 3.8) is 0 Å². The summed E-state index contributed by atoms with van der Waals surface area (Å²) >= 11 is 0. The molecule has 4 amide bonds. The standard InChI is InChI=1S/C33H31N5O6/c1-19-7-6-14-37-27(19)34-28-23(29(37)39)18-33(26-22-9-5-4-8-21(22)13-16-36(26)28)30(40)35-32(42)38(31(33)41)15-12-20-10-11-24(43-2)25(17-20)44-3/h4-11,14,17,26H,12-13,15-16,18H2,1-3H3,(H,35,40,42). The van der Waals surface area contributed by atoms with Gasteiger partial charge in [0.2, 0.25) is 11.8 Å². The molecule has 2 aromatic carbocycles. The van der Waals surface area contributed by atoms with Gasteiger partial charge in [0.25, 0.3) is 5.56 Å². The number of ether oxygens (including phenoxy) is 2. The zero-order chi connectivity index (χ0) is 30.7. The third-order valence-corrected chi connectivity index (χ3v) is 9.17. The van der Waals surface area contributed by atoms with E-state index < -0.39 is 29.3 Å². The summed E-state index contributed by atoms with van der Waals surface area (Å²) in [5.41, 5.74) is 2.18. The van der Waals surface area contributed by atoms with Gasteiger partial charge in [-0.15, -0.1) is 0 Å². The first kappa shape index (κ1) is 27.6. The Balaban J connectivity index is 1.36. The fourth-order valence-corrected chi connectivity index (χ4v) is 7.00. The van der Waals surface area contributed by atoms with E-state index in [2.05, 4.69) is 5.32 Å². The van der Waals surface area contributed by atoms with Crippen LogP contribution in [0.1, 0.15) is 33.9 Å². The van der Waals surface area contributed by atoms with Crippen molar-refractivity contribution < 1.29 is 23.9 Å². The highest BCUT2D eigenvalue weighted by Gasteiger charge is 2.64. The predicted octanol–water partition coefficient (Wildman–Crippen LogP) is 2.99. The number of hydrogen-bond donors (Lipinski definition) is 1. The lowest BCUT2D eigenvalue weighted by Gasteiger charge is -2.53. The lowest BCUT2D eigenvalue weighted by molar-refractivity contribution is -0.154. The van der Waals surface area contributed by atoms with E-state index in [1.165, 1.54) is 11.5 Å². The molecule has 44 heavy (non-hydrogen) atoms. The van der Waals surface area contributed by atoms with Crippen molar-refractivity contribution in [1.82, 2.24) is 19.6 Å². The van der Waals surface area contributed by atoms with Crippen LogP contribution in [0, 0.1) is 12.3 Å². The molecule has 0 aliphatic carbocycles. The first-order valence-electron chi connectivity index (χ1n) is 14.5. The van der Waals surface area contributed by atoms with Crippen LogP contribution in [0.3, 0.4) is 0 Å². The Morgan fingerprint density at radius 3 is 2.59 bits per heavy atom. The zero-order valence-electron chi connectivity index (χ0n) is 24.6. The minimum atomic E-state index is -1.77. The maximum atomic E-state index is 14.7. The number of urea groups is 1. The number of methoxy groups -OCH3 is 2. The van der Waals surface area contributed by atoms with E-state index in [1.54, 1.807) is 31.5 Å². The molecule has 0 saturated carbocycles. The molecule has 0 radical (unpaired) electrons. The van der Waals surface area contributed by atoms with Crippen LogP contribution >= 0.6 is 0 Å². The number of carbonyl (C=O) groups excluding carboxylic acids is 3. The van der Waals surface area contributed by atoms with Gasteiger partial charge < -0.3 is 14.4 Å². The van der Waals surface area contributed by atoms with Crippen molar-refractivity contribution in [2.75, 3.05) is 32.2 Å². The Morgan fingerprint density at radius 2 is 1.80 bits per heavy atom. The van der Waals surface area contributed by atoms with Crippen molar-refractivity contribution in [2.24, 2.45) is 5.41 Å². The van der Waals surface area contributed by atoms with Gasteiger partial charge in [0.1, 0.15) is 11.5 Å². The highest BCUT2D eigenvalue weighted by molar-refractivity contribution is 6.20. The van der Waals surface area contributed by atoms with Crippen LogP contribution in [-0.4, -0.2) is 59.4 Å². The third kappa shape index (κ3) is 3.91. The lowest BCUT2D eigenvalue weighted by atomic mass is 9.65. The normalized spacial score (nSPS) is 20.7. The summed E-state index contributed by atoms with van der Waals surface area (Å²) in [4.78, 5) is 64.1. The second-order valence-electron chi connectivity index (χ2n) is 11.5. The number of barbiturate groups is 1. The summed E-state index contributed by atoms with van der Waals surface area (Å²) < 4.78 is 12.2. The SMILES string of the molecule is COc1ccc(CCN2C(=O)NC(=O)C3(Cc4c(nc5c(C)cccn5c4=O)N4CCc5ccccc5C43)C2=O)cc1OC. The van der Waals surface area contributed by atoms with Crippen molar-refractivity contribution in [3.8, 4) is 11.5 Å². The number of fused-ring (bicyclic) bond motifs is 7. The highest BCUT2D eigenvalue weighted by atomic mass is 16.5. The lowest BCUT2D eigenvalue weighted by Crippen LogP contribution is -2.70. The van der Waals surface area contributed by atoms with Crippen LogP contribution in [0.15, 0.2) is 65.6 Å². The first-order chi connectivity index (χ1) is 21.3. The van der Waals surface area contributed by atoms with Crippen molar-refractivity contribution in [2.45, 2.75) is 32.2 Å². The van der Waals surface area contributed by atoms with Crippen molar-refractivity contribution in [1.29, 1.82) is 0 Å². The molecule has 3 aliphatic heterocycles. The summed E-state index contributed by atoms with van der Waals surface area (Å²) in [6.45, 7) is 2.36. The molecule has 1 spiro atoms. The molecule has 0 bridgehead atoms. The topological polar surface area (TPSA) is 123 Å². The largest absolute Gasteiger partial charge is 0.493 e. The summed E-state index contributed by atoms with van der Waals surface area (Å²) in [6.07, 6.45) is 2.42. The maximum absolute atomic E-state index is 14.7. The number of aryl methyl sites for hydroxylation is 1. The summed E-state index contributed by atoms with van der Waals surface area (Å²) in [5.74, 6) is 0.231. The van der Waals surface area contributed by atoms with Crippen LogP contribution in [0.4, 0.5) is 10.6 Å². The smallest absolute Gasteiger partial charge is 0.330 e. The number of rotatable bonds is 5. The van der Waals surface area contributed by atoms with E-state index in [4.69, 9.17) is 14.5 Å². The number of nitrogens with one attached hydrogen (secondary N) is 1. The third-order valence-electron chi connectivity index (χ3n) is 9.17. The summed E-state index contributed by atoms with van der Waals surface area (Å²) in [7, 11) is 3.08. The fraction of sp³-hybridized carbons (Fsp3) is 0.303. The minimum Gasteiger partial charge on any atom is -0.493 e. The Kier molecular flexibility index (Phi) is 6.42. The Labute approximate surface area is 253 Å². The molecule has 4 aromatic rings. The number of pyridine rings is 1. The van der Waals surface area contributed by atoms with Gasteiger partial charge in [0, 0.05) is 25.7 Å². The molecule has 11 nitrogen and oxygen atoms in total. The molecule has 1 N–H and O–H groups in total. The van der Waals surface area contributed by atoms with Gasteiger partial charge in [-0.1, -0.05) is 36.4 Å². The second kappa shape index (κ2) is 10.2. The fourth-order valence-electron chi connectivity index (χ4n) is 7.00. The van der Waals surface area contributed by atoms with Crippen molar-refractivity contribution in [3.05, 3.63) is 99.0 Å². The van der Waals surface area contributed by atoms with Crippen LogP contribution in [-0.2, 0) is 28.9 Å². The van der Waals surface area contributed by atoms with Gasteiger partial charge in [0.15, 0.2) is 16.9 Å². The predicted molar refractivity (Wildman–Crippen MR) is 161 cm³/mol. The molecule has 1 saturated heterocycles. The number of benzene rings is 2. The van der Waals surface area contributed by atoms with Gasteiger partial charge in [0.05, 0.1) is 25.8 Å². The quantitative estimate of drug-likeness (QED) is 0.351. The molecule has 3 aliphatic rings. The monoisotopic (exact) mass is 593 g/mol. The van der Waals surface area contributed by atoms with E-state index in [9.17, 15) is 19.2 Å². The molecule has 2 unspecified atom stereocenters. The number of carbonyl (C=O) groups is 3. The first-order valence-corrected chi connectivity index (χ1v) is 14.5. The van der Waals surface area contributed by atoms with Crippen LogP contribution in [0.25, 0.3) is 5.65 Å². The number of aromatic nitrogens is 2. The number of amides is 4. The van der Waals surface area contributed by atoms with Crippen molar-refractivity contribution >= 4 is 29.3 Å². The van der Waals surface area contributed by atoms with Gasteiger partial charge in [-0.2, -0.15) is 0 Å². The average Bonchev–Trinajstić information content (AvgIpc) is 3.04. The Hall–Kier alpha value is -5.19. The van der Waals surface area contributed by atoms with E-state index in [-0.39, 0.29) is 24.1 Å². The molecular weight excluding hydrogens is 562 g/mol. The number of imide groups is 2. The molecule has 2 atom stereocenters. The van der Waals surface area contributed by atoms with Gasteiger partial charge in [-0.25, -0.2) is 9.78 Å². The molecule has 5 heterocycles. The van der Waals surface area contributed by atoms with E-state index in [1.807, 2.05) is 48.2 Å². The molecule has 2 aromatic heterocycles. The van der Waals surface area contributed by atoms with Crippen LogP contribution in [0.5, 0.6) is 11.5 Å². The van der Waals surface area contributed by atoms with Gasteiger partial charge in [-0.05, 0) is 60.2 Å². The minimum absolute atomic E-state index is 0.0184. The second-order valence-corrected chi connectivity index (χ2v) is 11.5. The molecular formula is C33H31N5O6.